The van der Waals surface area contributed by atoms with Crippen LogP contribution in [0.15, 0.2) is 30.3 Å². The first-order chi connectivity index (χ1) is 12.2. The third-order valence-electron chi connectivity index (χ3n) is 3.22. The smallest absolute Gasteiger partial charge is 0.277 e. The number of benzene rings is 2. The average Bonchev–Trinajstić information content (AvgIpc) is 2.96. The first-order valence-corrected chi connectivity index (χ1v) is 7.57. The molecule has 3 aromatic rings. The highest BCUT2D eigenvalue weighted by atomic mass is 32.1. The van der Waals surface area contributed by atoms with Crippen LogP contribution in [0.2, 0.25) is 0 Å². The van der Waals surface area contributed by atoms with Gasteiger partial charge in [0.1, 0.15) is 11.3 Å². The summed E-state index contributed by atoms with van der Waals surface area (Å²) in [5.41, 5.74) is -1.78. The number of aromatic nitrogens is 1. The quantitative estimate of drug-likeness (QED) is 0.543. The molecule has 0 aliphatic carbocycles. The van der Waals surface area contributed by atoms with Crippen molar-refractivity contribution in [3.8, 4) is 0 Å². The Morgan fingerprint density at radius 2 is 1.65 bits per heavy atom. The van der Waals surface area contributed by atoms with E-state index in [-0.39, 0.29) is 20.9 Å². The molecule has 3 rings (SSSR count). The maximum atomic E-state index is 13.6. The fourth-order valence-corrected chi connectivity index (χ4v) is 3.02. The SMILES string of the molecule is O=C(Nc1nc2c(F)cc(F)cc2s1)c1cc([N+](=O)[O-])cc([N+](=O)[O-])c1. The summed E-state index contributed by atoms with van der Waals surface area (Å²) in [6.45, 7) is 0. The van der Waals surface area contributed by atoms with E-state index in [4.69, 9.17) is 0 Å². The van der Waals surface area contributed by atoms with Crippen molar-refractivity contribution in [3.63, 3.8) is 0 Å². The number of carbonyl (C=O) groups excluding carboxylic acids is 1. The standard InChI is InChI=1S/C14H6F2N4O5S/c15-7-3-10(16)12-11(4-7)26-14(17-12)18-13(21)6-1-8(19(22)23)5-9(2-6)20(24)25/h1-5H,(H,17,18,21). The number of nitro benzene ring substituents is 2. The van der Waals surface area contributed by atoms with Crippen molar-refractivity contribution in [1.82, 2.24) is 4.98 Å². The molecule has 9 nitrogen and oxygen atoms in total. The van der Waals surface area contributed by atoms with Gasteiger partial charge in [0.25, 0.3) is 17.3 Å². The lowest BCUT2D eigenvalue weighted by molar-refractivity contribution is -0.394. The first-order valence-electron chi connectivity index (χ1n) is 6.75. The second-order valence-corrected chi connectivity index (χ2v) is 5.99. The number of hydrogen-bond donors (Lipinski definition) is 1. The fraction of sp³-hybridized carbons (Fsp3) is 0. The van der Waals surface area contributed by atoms with Crippen molar-refractivity contribution in [2.45, 2.75) is 0 Å². The summed E-state index contributed by atoms with van der Waals surface area (Å²) in [6.07, 6.45) is 0. The van der Waals surface area contributed by atoms with E-state index in [9.17, 15) is 33.8 Å². The number of nitro groups is 2. The van der Waals surface area contributed by atoms with Gasteiger partial charge in [0, 0.05) is 18.2 Å². The largest absolute Gasteiger partial charge is 0.298 e. The van der Waals surface area contributed by atoms with Gasteiger partial charge in [-0.25, -0.2) is 13.8 Å². The fourth-order valence-electron chi connectivity index (χ4n) is 2.12. The average molecular weight is 380 g/mol. The van der Waals surface area contributed by atoms with Crippen LogP contribution < -0.4 is 5.32 Å². The van der Waals surface area contributed by atoms with Crippen LogP contribution in [0.25, 0.3) is 10.2 Å². The molecular weight excluding hydrogens is 374 g/mol. The molecule has 0 aliphatic rings. The predicted octanol–water partition coefficient (Wildman–Crippen LogP) is 3.64. The molecule has 0 saturated carbocycles. The van der Waals surface area contributed by atoms with E-state index in [0.29, 0.717) is 12.1 Å². The summed E-state index contributed by atoms with van der Waals surface area (Å²) >= 11 is 0.779. The minimum atomic E-state index is -0.920. The molecule has 0 radical (unpaired) electrons. The second-order valence-electron chi connectivity index (χ2n) is 4.96. The number of anilines is 1. The first kappa shape index (κ1) is 17.3. The van der Waals surface area contributed by atoms with Crippen LogP contribution in [-0.4, -0.2) is 20.7 Å². The normalized spacial score (nSPS) is 10.7. The number of carbonyl (C=O) groups is 1. The number of non-ortho nitro benzene ring substituents is 2. The van der Waals surface area contributed by atoms with E-state index in [2.05, 4.69) is 10.3 Å². The van der Waals surface area contributed by atoms with E-state index < -0.39 is 38.8 Å². The van der Waals surface area contributed by atoms with Crippen molar-refractivity contribution in [2.75, 3.05) is 5.32 Å². The number of hydrogen-bond acceptors (Lipinski definition) is 7. The molecule has 0 atom stereocenters. The van der Waals surface area contributed by atoms with Gasteiger partial charge < -0.3 is 0 Å². The number of halogens is 2. The summed E-state index contributed by atoms with van der Waals surface area (Å²) in [5, 5.41) is 23.9. The molecule has 12 heteroatoms. The van der Waals surface area contributed by atoms with Gasteiger partial charge in [-0.2, -0.15) is 0 Å². The molecule has 0 fully saturated rings. The Kier molecular flexibility index (Phi) is 4.26. The van der Waals surface area contributed by atoms with E-state index >= 15 is 0 Å². The van der Waals surface area contributed by atoms with Crippen molar-refractivity contribution < 1.29 is 23.4 Å². The Labute approximate surface area is 146 Å². The zero-order chi connectivity index (χ0) is 19.0. The van der Waals surface area contributed by atoms with Gasteiger partial charge in [-0.1, -0.05) is 11.3 Å². The van der Waals surface area contributed by atoms with Gasteiger partial charge in [0.2, 0.25) is 0 Å². The predicted molar refractivity (Wildman–Crippen MR) is 87.2 cm³/mol. The van der Waals surface area contributed by atoms with Gasteiger partial charge in [-0.05, 0) is 6.07 Å². The van der Waals surface area contributed by atoms with Crippen LogP contribution >= 0.6 is 11.3 Å². The number of amides is 1. The molecular formula is C14H6F2N4O5S. The van der Waals surface area contributed by atoms with Gasteiger partial charge in [0.15, 0.2) is 10.9 Å². The molecule has 1 aromatic heterocycles. The maximum Gasteiger partial charge on any atom is 0.277 e. The van der Waals surface area contributed by atoms with Crippen LogP contribution in [0.1, 0.15) is 10.4 Å². The molecule has 0 bridgehead atoms. The molecule has 0 aliphatic heterocycles. The minimum Gasteiger partial charge on any atom is -0.298 e. The lowest BCUT2D eigenvalue weighted by atomic mass is 10.1. The number of fused-ring (bicyclic) bond motifs is 1. The monoisotopic (exact) mass is 380 g/mol. The van der Waals surface area contributed by atoms with Crippen LogP contribution in [0.5, 0.6) is 0 Å². The van der Waals surface area contributed by atoms with Gasteiger partial charge >= 0.3 is 0 Å². The zero-order valence-electron chi connectivity index (χ0n) is 12.4. The van der Waals surface area contributed by atoms with Gasteiger partial charge in [0.05, 0.1) is 26.2 Å². The topological polar surface area (TPSA) is 128 Å². The highest BCUT2D eigenvalue weighted by Gasteiger charge is 2.21. The summed E-state index contributed by atoms with van der Waals surface area (Å²) in [6, 6.07) is 4.10. The summed E-state index contributed by atoms with van der Waals surface area (Å²) in [7, 11) is 0. The van der Waals surface area contributed by atoms with Crippen LogP contribution in [-0.2, 0) is 0 Å². The van der Waals surface area contributed by atoms with Crippen LogP contribution in [0.3, 0.4) is 0 Å². The third-order valence-corrected chi connectivity index (χ3v) is 4.14. The zero-order valence-corrected chi connectivity index (χ0v) is 13.3. The molecule has 26 heavy (non-hydrogen) atoms. The third kappa shape index (κ3) is 3.30. The Bertz CT molecular complexity index is 1050. The minimum absolute atomic E-state index is 0.0938. The molecule has 2 aromatic carbocycles. The second kappa shape index (κ2) is 6.40. The Hall–Kier alpha value is -3.54. The Balaban J connectivity index is 1.96. The van der Waals surface area contributed by atoms with E-state index in [0.717, 1.165) is 29.5 Å². The lowest BCUT2D eigenvalue weighted by Crippen LogP contribution is -2.12. The van der Waals surface area contributed by atoms with Crippen LogP contribution in [0.4, 0.5) is 25.3 Å². The van der Waals surface area contributed by atoms with Crippen molar-refractivity contribution >= 4 is 44.0 Å². The highest BCUT2D eigenvalue weighted by molar-refractivity contribution is 7.22. The molecule has 0 spiro atoms. The molecule has 1 amide bonds. The van der Waals surface area contributed by atoms with E-state index in [1.807, 2.05) is 0 Å². The molecule has 1 N–H and O–H groups in total. The molecule has 1 heterocycles. The number of nitrogens with zero attached hydrogens (tertiary/aromatic N) is 3. The van der Waals surface area contributed by atoms with Crippen molar-refractivity contribution in [2.24, 2.45) is 0 Å². The van der Waals surface area contributed by atoms with Crippen LogP contribution in [0, 0.1) is 31.9 Å². The van der Waals surface area contributed by atoms with Crippen molar-refractivity contribution in [1.29, 1.82) is 0 Å². The number of rotatable bonds is 4. The Morgan fingerprint density at radius 1 is 1.04 bits per heavy atom. The Morgan fingerprint density at radius 3 is 2.23 bits per heavy atom. The maximum absolute atomic E-state index is 13.6. The summed E-state index contributed by atoms with van der Waals surface area (Å²) in [5.74, 6) is -2.65. The van der Waals surface area contributed by atoms with Gasteiger partial charge in [-0.3, -0.25) is 30.3 Å². The molecule has 132 valence electrons. The number of nitrogens with one attached hydrogen (secondary N) is 1. The molecule has 0 saturated heterocycles. The van der Waals surface area contributed by atoms with Crippen molar-refractivity contribution in [3.05, 3.63) is 67.8 Å². The van der Waals surface area contributed by atoms with E-state index in [1.165, 1.54) is 0 Å². The number of thiazole rings is 1. The molecule has 0 unspecified atom stereocenters. The lowest BCUT2D eigenvalue weighted by Gasteiger charge is -2.02. The van der Waals surface area contributed by atoms with E-state index in [1.54, 1.807) is 0 Å². The highest BCUT2D eigenvalue weighted by Crippen LogP contribution is 2.29. The summed E-state index contributed by atoms with van der Waals surface area (Å²) in [4.78, 5) is 36.0. The summed E-state index contributed by atoms with van der Waals surface area (Å²) < 4.78 is 27.0. The van der Waals surface area contributed by atoms with Gasteiger partial charge in [-0.15, -0.1) is 0 Å².